The zero-order valence-corrected chi connectivity index (χ0v) is 20.0. The minimum Gasteiger partial charge on any atom is -0.454 e. The van der Waals surface area contributed by atoms with Gasteiger partial charge in [-0.3, -0.25) is 4.98 Å². The summed E-state index contributed by atoms with van der Waals surface area (Å²) in [5.74, 6) is 0. The lowest BCUT2D eigenvalue weighted by Gasteiger charge is -2.11. The van der Waals surface area contributed by atoms with E-state index in [9.17, 15) is 0 Å². The topological polar surface area (TPSA) is 26.0 Å². The molecule has 0 amide bonds. The molecule has 2 nitrogen and oxygen atoms in total. The summed E-state index contributed by atoms with van der Waals surface area (Å²) in [4.78, 5) is 4.81. The van der Waals surface area contributed by atoms with Gasteiger partial charge in [0.05, 0.1) is 0 Å². The number of pyridine rings is 1. The van der Waals surface area contributed by atoms with Gasteiger partial charge in [-0.2, -0.15) is 0 Å². The molecule has 6 aromatic carbocycles. The van der Waals surface area contributed by atoms with Gasteiger partial charge in [-0.1, -0.05) is 97.1 Å². The molecule has 8 rings (SSSR count). The smallest absolute Gasteiger partial charge is 0.161 e. The van der Waals surface area contributed by atoms with Gasteiger partial charge in [-0.25, -0.2) is 0 Å². The largest absolute Gasteiger partial charge is 0.454 e. The van der Waals surface area contributed by atoms with Gasteiger partial charge in [0.1, 0.15) is 11.3 Å². The molecule has 0 aliphatic rings. The van der Waals surface area contributed by atoms with Crippen molar-refractivity contribution in [2.45, 2.75) is 0 Å². The lowest BCUT2D eigenvalue weighted by Crippen LogP contribution is -1.87. The van der Waals surface area contributed by atoms with Crippen LogP contribution >= 0.6 is 0 Å². The Morgan fingerprint density at radius 3 is 1.73 bits per heavy atom. The van der Waals surface area contributed by atoms with Crippen LogP contribution in [0.15, 0.2) is 132 Å². The number of hydrogen-bond donors (Lipinski definition) is 0. The molecule has 0 spiro atoms. The number of rotatable bonds is 2. The first-order valence-corrected chi connectivity index (χ1v) is 12.6. The summed E-state index contributed by atoms with van der Waals surface area (Å²) >= 11 is 0. The summed E-state index contributed by atoms with van der Waals surface area (Å²) in [7, 11) is 0. The van der Waals surface area contributed by atoms with E-state index in [1.54, 1.807) is 0 Å². The molecule has 8 aromatic rings. The molecule has 37 heavy (non-hydrogen) atoms. The van der Waals surface area contributed by atoms with Gasteiger partial charge in [0.25, 0.3) is 0 Å². The lowest BCUT2D eigenvalue weighted by atomic mass is 9.92. The van der Waals surface area contributed by atoms with Crippen molar-refractivity contribution in [2.24, 2.45) is 0 Å². The summed E-state index contributed by atoms with van der Waals surface area (Å²) in [6, 6.07) is 42.9. The maximum absolute atomic E-state index is 6.44. The van der Waals surface area contributed by atoms with E-state index in [0.717, 1.165) is 33.2 Å². The molecule has 0 radical (unpaired) electrons. The van der Waals surface area contributed by atoms with Crippen LogP contribution in [-0.2, 0) is 0 Å². The Kier molecular flexibility index (Phi) is 4.26. The van der Waals surface area contributed by atoms with E-state index in [2.05, 4.69) is 115 Å². The van der Waals surface area contributed by atoms with Crippen LogP contribution in [0.4, 0.5) is 0 Å². The van der Waals surface area contributed by atoms with Crippen molar-refractivity contribution in [2.75, 3.05) is 0 Å². The zero-order valence-electron chi connectivity index (χ0n) is 20.0. The standard InChI is InChI=1S/C35H21NO/c1-2-8-22(9-3-1)23-15-17-33-32(20-23)30-18-19-36-34(35(30)37-33)24-14-16-29-27-12-5-4-10-25(27)26-11-6-7-13-28(26)31(29)21-24/h1-21H. The average Bonchev–Trinajstić information content (AvgIpc) is 3.36. The van der Waals surface area contributed by atoms with Crippen LogP contribution in [0.5, 0.6) is 0 Å². The predicted molar refractivity (Wildman–Crippen MR) is 155 cm³/mol. The monoisotopic (exact) mass is 471 g/mol. The third-order valence-corrected chi connectivity index (χ3v) is 7.51. The second-order valence-corrected chi connectivity index (χ2v) is 9.57. The summed E-state index contributed by atoms with van der Waals surface area (Å²) in [5, 5.41) is 9.75. The SMILES string of the molecule is c1ccc(-c2ccc3oc4c(-c5ccc6c7ccccc7c7ccccc7c6c5)nccc4c3c2)cc1. The second-order valence-electron chi connectivity index (χ2n) is 9.57. The highest BCUT2D eigenvalue weighted by Crippen LogP contribution is 2.40. The fraction of sp³-hybridized carbons (Fsp3) is 0. The molecule has 0 aliphatic heterocycles. The molecule has 2 heteroatoms. The van der Waals surface area contributed by atoms with Crippen molar-refractivity contribution >= 4 is 54.3 Å². The average molecular weight is 472 g/mol. The van der Waals surface area contributed by atoms with Crippen LogP contribution in [0.3, 0.4) is 0 Å². The molecule has 0 fully saturated rings. The molecule has 0 unspecified atom stereocenters. The van der Waals surface area contributed by atoms with Gasteiger partial charge in [-0.15, -0.1) is 0 Å². The summed E-state index contributed by atoms with van der Waals surface area (Å²) in [5.41, 5.74) is 6.00. The molecule has 2 heterocycles. The van der Waals surface area contributed by atoms with E-state index in [-0.39, 0.29) is 0 Å². The molecular formula is C35H21NO. The lowest BCUT2D eigenvalue weighted by molar-refractivity contribution is 0.668. The molecule has 172 valence electrons. The molecule has 0 atom stereocenters. The van der Waals surface area contributed by atoms with Crippen molar-refractivity contribution in [1.29, 1.82) is 0 Å². The fourth-order valence-electron chi connectivity index (χ4n) is 5.77. The van der Waals surface area contributed by atoms with E-state index in [4.69, 9.17) is 9.40 Å². The number of fused-ring (bicyclic) bond motifs is 9. The molecule has 2 aromatic heterocycles. The van der Waals surface area contributed by atoms with Crippen molar-refractivity contribution in [3.8, 4) is 22.4 Å². The first-order chi connectivity index (χ1) is 18.3. The normalized spacial score (nSPS) is 11.8. The Labute approximate surface area is 213 Å². The van der Waals surface area contributed by atoms with Crippen LogP contribution in [0, 0.1) is 0 Å². The van der Waals surface area contributed by atoms with Gasteiger partial charge >= 0.3 is 0 Å². The number of hydrogen-bond acceptors (Lipinski definition) is 2. The Hall–Kier alpha value is -4.95. The molecule has 0 aliphatic carbocycles. The molecule has 0 saturated heterocycles. The Morgan fingerprint density at radius 1 is 0.405 bits per heavy atom. The Morgan fingerprint density at radius 2 is 1.00 bits per heavy atom. The fourth-order valence-corrected chi connectivity index (χ4v) is 5.77. The zero-order chi connectivity index (χ0) is 24.3. The van der Waals surface area contributed by atoms with E-state index in [0.29, 0.717) is 0 Å². The molecular weight excluding hydrogens is 450 g/mol. The Balaban J connectivity index is 1.39. The minimum atomic E-state index is 0.826. The molecule has 0 N–H and O–H groups in total. The van der Waals surface area contributed by atoms with E-state index in [1.165, 1.54) is 43.4 Å². The first kappa shape index (κ1) is 20.3. The van der Waals surface area contributed by atoms with Crippen LogP contribution in [0.2, 0.25) is 0 Å². The van der Waals surface area contributed by atoms with Gasteiger partial charge < -0.3 is 4.42 Å². The van der Waals surface area contributed by atoms with Gasteiger partial charge in [0.2, 0.25) is 0 Å². The first-order valence-electron chi connectivity index (χ1n) is 12.6. The van der Waals surface area contributed by atoms with E-state index >= 15 is 0 Å². The molecule has 0 saturated carbocycles. The summed E-state index contributed by atoms with van der Waals surface area (Å²) < 4.78 is 6.44. The van der Waals surface area contributed by atoms with Crippen molar-refractivity contribution in [3.05, 3.63) is 128 Å². The van der Waals surface area contributed by atoms with Gasteiger partial charge in [0, 0.05) is 22.5 Å². The highest BCUT2D eigenvalue weighted by Gasteiger charge is 2.16. The Bertz CT molecular complexity index is 2100. The van der Waals surface area contributed by atoms with Crippen LogP contribution in [0.25, 0.3) is 76.6 Å². The van der Waals surface area contributed by atoms with Crippen molar-refractivity contribution in [1.82, 2.24) is 4.98 Å². The predicted octanol–water partition coefficient (Wildman–Crippen LogP) is 9.77. The summed E-state index contributed by atoms with van der Waals surface area (Å²) in [6.45, 7) is 0. The van der Waals surface area contributed by atoms with Crippen molar-refractivity contribution < 1.29 is 4.42 Å². The summed E-state index contributed by atoms with van der Waals surface area (Å²) in [6.07, 6.45) is 1.89. The third kappa shape index (κ3) is 3.03. The van der Waals surface area contributed by atoms with Gasteiger partial charge in [0.15, 0.2) is 5.58 Å². The van der Waals surface area contributed by atoms with Crippen LogP contribution < -0.4 is 0 Å². The molecule has 0 bridgehead atoms. The second kappa shape index (κ2) is 7.78. The van der Waals surface area contributed by atoms with E-state index < -0.39 is 0 Å². The van der Waals surface area contributed by atoms with Crippen LogP contribution in [0.1, 0.15) is 0 Å². The van der Waals surface area contributed by atoms with E-state index in [1.807, 2.05) is 12.3 Å². The number of benzene rings is 6. The number of aromatic nitrogens is 1. The maximum atomic E-state index is 6.44. The maximum Gasteiger partial charge on any atom is 0.161 e. The highest BCUT2D eigenvalue weighted by atomic mass is 16.3. The quantitative estimate of drug-likeness (QED) is 0.235. The number of furan rings is 1. The van der Waals surface area contributed by atoms with Gasteiger partial charge in [-0.05, 0) is 67.7 Å². The van der Waals surface area contributed by atoms with Crippen molar-refractivity contribution in [3.63, 3.8) is 0 Å². The van der Waals surface area contributed by atoms with Crippen LogP contribution in [-0.4, -0.2) is 4.98 Å². The highest BCUT2D eigenvalue weighted by molar-refractivity contribution is 6.26. The third-order valence-electron chi connectivity index (χ3n) is 7.51. The minimum absolute atomic E-state index is 0.826. The number of nitrogens with zero attached hydrogens (tertiary/aromatic N) is 1.